The lowest BCUT2D eigenvalue weighted by atomic mass is 10.3. The third-order valence-electron chi connectivity index (χ3n) is 1.81. The van der Waals surface area contributed by atoms with Crippen LogP contribution in [0.5, 0.6) is 5.88 Å². The van der Waals surface area contributed by atoms with E-state index in [4.69, 9.17) is 4.74 Å². The molecule has 6 nitrogen and oxygen atoms in total. The second-order valence-electron chi connectivity index (χ2n) is 2.68. The number of nitrogens with one attached hydrogen (secondary N) is 2. The van der Waals surface area contributed by atoms with Crippen LogP contribution in [0.4, 0.5) is 0 Å². The average molecular weight is 193 g/mol. The Morgan fingerprint density at radius 2 is 2.14 bits per heavy atom. The smallest absolute Gasteiger partial charge is 0.326 e. The largest absolute Gasteiger partial charge is 0.481 e. The van der Waals surface area contributed by atoms with Crippen LogP contribution in [0.25, 0.3) is 10.9 Å². The van der Waals surface area contributed by atoms with Gasteiger partial charge in [-0.05, 0) is 0 Å². The molecule has 0 spiro atoms. The number of H-pyrrole nitrogens is 2. The van der Waals surface area contributed by atoms with E-state index in [0.717, 1.165) is 0 Å². The minimum atomic E-state index is -0.547. The van der Waals surface area contributed by atoms with Crippen LogP contribution in [0.1, 0.15) is 0 Å². The molecule has 0 radical (unpaired) electrons. The molecule has 2 N–H and O–H groups in total. The standard InChI is InChI=1S/C8H7N3O3/c1-14-6-2-4-5(3-9-6)10-8(13)11-7(4)12/h2-3H,1H3,(H2,10,11,12,13). The lowest BCUT2D eigenvalue weighted by Gasteiger charge is -1.99. The fraction of sp³-hybridized carbons (Fsp3) is 0.125. The number of aromatic nitrogens is 3. The van der Waals surface area contributed by atoms with Crippen LogP contribution in [0.3, 0.4) is 0 Å². The van der Waals surface area contributed by atoms with Gasteiger partial charge in [0, 0.05) is 6.07 Å². The van der Waals surface area contributed by atoms with Crippen LogP contribution < -0.4 is 16.0 Å². The Labute approximate surface area is 77.6 Å². The van der Waals surface area contributed by atoms with E-state index in [1.807, 2.05) is 0 Å². The van der Waals surface area contributed by atoms with E-state index in [1.165, 1.54) is 19.4 Å². The summed E-state index contributed by atoms with van der Waals surface area (Å²) in [4.78, 5) is 30.6. The van der Waals surface area contributed by atoms with Crippen molar-refractivity contribution < 1.29 is 4.74 Å². The van der Waals surface area contributed by atoms with Gasteiger partial charge in [-0.1, -0.05) is 0 Å². The first-order valence-electron chi connectivity index (χ1n) is 3.87. The molecule has 72 valence electrons. The van der Waals surface area contributed by atoms with Crippen molar-refractivity contribution in [3.63, 3.8) is 0 Å². The van der Waals surface area contributed by atoms with E-state index in [9.17, 15) is 9.59 Å². The minimum absolute atomic E-state index is 0.329. The molecule has 0 amide bonds. The van der Waals surface area contributed by atoms with Gasteiger partial charge in [-0.2, -0.15) is 0 Å². The highest BCUT2D eigenvalue weighted by Crippen LogP contribution is 2.10. The summed E-state index contributed by atoms with van der Waals surface area (Å²) in [6, 6.07) is 1.46. The maximum Gasteiger partial charge on any atom is 0.326 e. The summed E-state index contributed by atoms with van der Waals surface area (Å²) in [5.41, 5.74) is -0.613. The molecule has 14 heavy (non-hydrogen) atoms. The summed E-state index contributed by atoms with van der Waals surface area (Å²) in [6.07, 6.45) is 1.38. The van der Waals surface area contributed by atoms with E-state index in [0.29, 0.717) is 16.8 Å². The van der Waals surface area contributed by atoms with Crippen LogP contribution in [0.15, 0.2) is 21.9 Å². The van der Waals surface area contributed by atoms with E-state index in [2.05, 4.69) is 15.0 Å². The quantitative estimate of drug-likeness (QED) is 0.646. The first-order chi connectivity index (χ1) is 6.70. The molecule has 0 unspecified atom stereocenters. The number of fused-ring (bicyclic) bond motifs is 1. The molecule has 0 aliphatic carbocycles. The monoisotopic (exact) mass is 193 g/mol. The Kier molecular flexibility index (Phi) is 1.81. The Bertz CT molecular complexity index is 584. The number of rotatable bonds is 1. The number of nitrogens with zero attached hydrogens (tertiary/aromatic N) is 1. The van der Waals surface area contributed by atoms with E-state index >= 15 is 0 Å². The summed E-state index contributed by atoms with van der Waals surface area (Å²) in [5.74, 6) is 0.329. The average Bonchev–Trinajstić information content (AvgIpc) is 2.17. The van der Waals surface area contributed by atoms with Gasteiger partial charge in [0.15, 0.2) is 0 Å². The molecule has 0 fully saturated rings. The summed E-state index contributed by atoms with van der Waals surface area (Å²) >= 11 is 0. The first kappa shape index (κ1) is 8.49. The molecule has 0 aliphatic rings. The zero-order valence-electron chi connectivity index (χ0n) is 7.33. The first-order valence-corrected chi connectivity index (χ1v) is 3.87. The van der Waals surface area contributed by atoms with Gasteiger partial charge in [-0.15, -0.1) is 0 Å². The maximum atomic E-state index is 11.3. The normalized spacial score (nSPS) is 10.4. The van der Waals surface area contributed by atoms with Crippen LogP contribution in [-0.4, -0.2) is 22.1 Å². The molecule has 2 aromatic heterocycles. The summed E-state index contributed by atoms with van der Waals surface area (Å²) in [7, 11) is 1.45. The van der Waals surface area contributed by atoms with Gasteiger partial charge >= 0.3 is 5.69 Å². The summed E-state index contributed by atoms with van der Waals surface area (Å²) in [6.45, 7) is 0. The van der Waals surface area contributed by atoms with Gasteiger partial charge in [0.05, 0.1) is 24.2 Å². The van der Waals surface area contributed by atoms with Crippen LogP contribution in [0.2, 0.25) is 0 Å². The van der Waals surface area contributed by atoms with Crippen molar-refractivity contribution in [3.05, 3.63) is 33.1 Å². The van der Waals surface area contributed by atoms with Crippen molar-refractivity contribution in [3.8, 4) is 5.88 Å². The highest BCUT2D eigenvalue weighted by atomic mass is 16.5. The third kappa shape index (κ3) is 1.26. The zero-order chi connectivity index (χ0) is 10.1. The molecule has 0 atom stereocenters. The van der Waals surface area contributed by atoms with Gasteiger partial charge in [0.25, 0.3) is 5.56 Å². The number of aromatic amines is 2. The molecule has 6 heteroatoms. The fourth-order valence-corrected chi connectivity index (χ4v) is 1.16. The Morgan fingerprint density at radius 3 is 2.86 bits per heavy atom. The highest BCUT2D eigenvalue weighted by molar-refractivity contribution is 5.77. The molecule has 0 saturated heterocycles. The van der Waals surface area contributed by atoms with Crippen LogP contribution in [-0.2, 0) is 0 Å². The molecule has 2 rings (SSSR count). The van der Waals surface area contributed by atoms with Crippen molar-refractivity contribution in [2.24, 2.45) is 0 Å². The Morgan fingerprint density at radius 1 is 1.36 bits per heavy atom. The summed E-state index contributed by atoms with van der Waals surface area (Å²) in [5, 5.41) is 0.344. The van der Waals surface area contributed by atoms with E-state index in [1.54, 1.807) is 0 Å². The molecule has 0 aliphatic heterocycles. The van der Waals surface area contributed by atoms with Crippen LogP contribution >= 0.6 is 0 Å². The van der Waals surface area contributed by atoms with E-state index < -0.39 is 11.2 Å². The van der Waals surface area contributed by atoms with Crippen molar-refractivity contribution in [2.75, 3.05) is 7.11 Å². The molecular formula is C8H7N3O3. The van der Waals surface area contributed by atoms with Crippen LogP contribution in [0, 0.1) is 0 Å². The molecular weight excluding hydrogens is 186 g/mol. The lowest BCUT2D eigenvalue weighted by Crippen LogP contribution is -2.21. The predicted octanol–water partition coefficient (Wildman–Crippen LogP) is -0.380. The number of methoxy groups -OCH3 is 1. The SMILES string of the molecule is COc1cc2c(=O)[nH]c(=O)[nH]c2cn1. The molecule has 0 aromatic carbocycles. The fourth-order valence-electron chi connectivity index (χ4n) is 1.16. The number of hydrogen-bond acceptors (Lipinski definition) is 4. The third-order valence-corrected chi connectivity index (χ3v) is 1.81. The second kappa shape index (κ2) is 2.99. The van der Waals surface area contributed by atoms with Crippen molar-refractivity contribution in [2.45, 2.75) is 0 Å². The Hall–Kier alpha value is -2.11. The van der Waals surface area contributed by atoms with Gasteiger partial charge in [-0.25, -0.2) is 9.78 Å². The van der Waals surface area contributed by atoms with E-state index in [-0.39, 0.29) is 0 Å². The van der Waals surface area contributed by atoms with Crippen molar-refractivity contribution in [1.29, 1.82) is 0 Å². The van der Waals surface area contributed by atoms with Gasteiger partial charge < -0.3 is 9.72 Å². The van der Waals surface area contributed by atoms with Crippen molar-refractivity contribution >= 4 is 10.9 Å². The molecule has 2 heterocycles. The van der Waals surface area contributed by atoms with Gasteiger partial charge in [0.1, 0.15) is 0 Å². The minimum Gasteiger partial charge on any atom is -0.481 e. The Balaban J connectivity index is 2.89. The number of ether oxygens (including phenoxy) is 1. The van der Waals surface area contributed by atoms with Crippen molar-refractivity contribution in [1.82, 2.24) is 15.0 Å². The summed E-state index contributed by atoms with van der Waals surface area (Å²) < 4.78 is 4.85. The molecule has 0 saturated carbocycles. The second-order valence-corrected chi connectivity index (χ2v) is 2.68. The lowest BCUT2D eigenvalue weighted by molar-refractivity contribution is 0.398. The molecule has 0 bridgehead atoms. The zero-order valence-corrected chi connectivity index (χ0v) is 7.33. The maximum absolute atomic E-state index is 11.3. The number of pyridine rings is 1. The van der Waals surface area contributed by atoms with Gasteiger partial charge in [0.2, 0.25) is 5.88 Å². The number of hydrogen-bond donors (Lipinski definition) is 2. The van der Waals surface area contributed by atoms with Gasteiger partial charge in [-0.3, -0.25) is 9.78 Å². The predicted molar refractivity (Wildman–Crippen MR) is 49.5 cm³/mol. The molecule has 2 aromatic rings. The topological polar surface area (TPSA) is 87.8 Å². The highest BCUT2D eigenvalue weighted by Gasteiger charge is 2.02.